The fourth-order valence-electron chi connectivity index (χ4n) is 2.71. The number of ether oxygens (including phenoxy) is 2. The van der Waals surface area contributed by atoms with E-state index in [1.807, 2.05) is 18.2 Å². The van der Waals surface area contributed by atoms with Gasteiger partial charge in [-0.25, -0.2) is 0 Å². The third-order valence-corrected chi connectivity index (χ3v) is 4.28. The van der Waals surface area contributed by atoms with Gasteiger partial charge in [0.25, 0.3) is 0 Å². The highest BCUT2D eigenvalue weighted by molar-refractivity contribution is 5.48. The Balaban J connectivity index is 1.82. The minimum absolute atomic E-state index is 0.457. The van der Waals surface area contributed by atoms with Crippen molar-refractivity contribution < 1.29 is 9.47 Å². The quantitative estimate of drug-likeness (QED) is 0.527. The van der Waals surface area contributed by atoms with E-state index in [0.717, 1.165) is 36.8 Å². The molecule has 3 heteroatoms. The third kappa shape index (κ3) is 6.62. The molecule has 2 aromatic carbocycles. The Morgan fingerprint density at radius 1 is 0.923 bits per heavy atom. The molecule has 0 aliphatic heterocycles. The summed E-state index contributed by atoms with van der Waals surface area (Å²) in [5.74, 6) is 3.02. The molecule has 3 nitrogen and oxygen atoms in total. The van der Waals surface area contributed by atoms with Crippen molar-refractivity contribution in [2.75, 3.05) is 25.1 Å². The summed E-state index contributed by atoms with van der Waals surface area (Å²) in [6.45, 7) is 13.0. The molecule has 0 aliphatic carbocycles. The van der Waals surface area contributed by atoms with Crippen LogP contribution in [0.5, 0.6) is 11.5 Å². The molecule has 0 amide bonds. The van der Waals surface area contributed by atoms with Crippen LogP contribution in [-0.4, -0.2) is 19.8 Å². The van der Waals surface area contributed by atoms with E-state index >= 15 is 0 Å². The van der Waals surface area contributed by atoms with Gasteiger partial charge in [-0.2, -0.15) is 0 Å². The first-order valence-corrected chi connectivity index (χ1v) is 9.65. The van der Waals surface area contributed by atoms with Gasteiger partial charge in [0.15, 0.2) is 0 Å². The Morgan fingerprint density at radius 3 is 2.46 bits per heavy atom. The van der Waals surface area contributed by atoms with Crippen LogP contribution < -0.4 is 14.8 Å². The Morgan fingerprint density at radius 2 is 1.73 bits per heavy atom. The van der Waals surface area contributed by atoms with Crippen LogP contribution >= 0.6 is 0 Å². The van der Waals surface area contributed by atoms with E-state index in [4.69, 9.17) is 9.47 Å². The number of anilines is 1. The molecule has 26 heavy (non-hydrogen) atoms. The van der Waals surface area contributed by atoms with E-state index in [-0.39, 0.29) is 0 Å². The molecule has 0 saturated carbocycles. The molecular weight excluding hydrogens is 322 g/mol. The normalized spacial score (nSPS) is 11.0. The van der Waals surface area contributed by atoms with Gasteiger partial charge in [0.2, 0.25) is 0 Å². The Kier molecular flexibility index (Phi) is 7.83. The van der Waals surface area contributed by atoms with Crippen LogP contribution in [0, 0.1) is 12.8 Å². The summed E-state index contributed by atoms with van der Waals surface area (Å²) in [6, 6.07) is 14.6. The van der Waals surface area contributed by atoms with Crippen molar-refractivity contribution in [2.45, 2.75) is 47.0 Å². The fourth-order valence-corrected chi connectivity index (χ4v) is 2.71. The molecule has 0 aromatic heterocycles. The predicted octanol–water partition coefficient (Wildman–Crippen LogP) is 6.03. The van der Waals surface area contributed by atoms with Gasteiger partial charge in [-0.3, -0.25) is 0 Å². The summed E-state index contributed by atoms with van der Waals surface area (Å²) >= 11 is 0. The number of hydrogen-bond acceptors (Lipinski definition) is 3. The van der Waals surface area contributed by atoms with Crippen LogP contribution in [0.2, 0.25) is 0 Å². The highest BCUT2D eigenvalue weighted by atomic mass is 16.5. The number of aryl methyl sites for hydroxylation is 1. The lowest BCUT2D eigenvalue weighted by Gasteiger charge is -2.15. The molecule has 0 atom stereocenters. The zero-order valence-corrected chi connectivity index (χ0v) is 16.8. The molecule has 0 aliphatic rings. The minimum Gasteiger partial charge on any atom is -0.494 e. The Labute approximate surface area is 158 Å². The predicted molar refractivity (Wildman–Crippen MR) is 111 cm³/mol. The third-order valence-electron chi connectivity index (χ3n) is 4.28. The van der Waals surface area contributed by atoms with Crippen LogP contribution in [0.15, 0.2) is 42.5 Å². The van der Waals surface area contributed by atoms with Crippen LogP contribution in [0.25, 0.3) is 0 Å². The summed E-state index contributed by atoms with van der Waals surface area (Å²) in [7, 11) is 0. The highest BCUT2D eigenvalue weighted by Crippen LogP contribution is 2.27. The molecular formula is C23H33NO2. The molecule has 0 spiro atoms. The monoisotopic (exact) mass is 355 g/mol. The molecule has 142 valence electrons. The molecule has 0 fully saturated rings. The fraction of sp³-hybridized carbons (Fsp3) is 0.478. The average molecular weight is 356 g/mol. The lowest BCUT2D eigenvalue weighted by Crippen LogP contribution is -2.12. The van der Waals surface area contributed by atoms with Crippen molar-refractivity contribution in [3.05, 3.63) is 53.6 Å². The molecule has 0 unspecified atom stereocenters. The maximum Gasteiger partial charge on any atom is 0.123 e. The van der Waals surface area contributed by atoms with Crippen LogP contribution in [0.1, 0.15) is 51.2 Å². The molecule has 0 saturated heterocycles. The standard InChI is InChI=1S/C23H33NO2/c1-17(2)11-13-25-21-8-6-7-20(16-21)24-12-14-26-23-15-19(5)9-10-22(23)18(3)4/h6-10,15-18,24H,11-14H2,1-5H3. The van der Waals surface area contributed by atoms with Crippen LogP contribution in [0.4, 0.5) is 5.69 Å². The van der Waals surface area contributed by atoms with Crippen molar-refractivity contribution in [3.8, 4) is 11.5 Å². The lowest BCUT2D eigenvalue weighted by atomic mass is 10.0. The average Bonchev–Trinajstić information content (AvgIpc) is 2.58. The van der Waals surface area contributed by atoms with Crippen LogP contribution in [-0.2, 0) is 0 Å². The van der Waals surface area contributed by atoms with E-state index in [2.05, 4.69) is 64.2 Å². The second-order valence-corrected chi connectivity index (χ2v) is 7.53. The molecule has 0 bridgehead atoms. The first kappa shape index (κ1) is 20.2. The van der Waals surface area contributed by atoms with Gasteiger partial charge in [-0.1, -0.05) is 45.9 Å². The van der Waals surface area contributed by atoms with E-state index in [1.54, 1.807) is 0 Å². The molecule has 2 rings (SSSR count). The van der Waals surface area contributed by atoms with Gasteiger partial charge >= 0.3 is 0 Å². The SMILES string of the molecule is Cc1ccc(C(C)C)c(OCCNc2cccc(OCCC(C)C)c2)c1. The summed E-state index contributed by atoms with van der Waals surface area (Å²) < 4.78 is 11.8. The van der Waals surface area contributed by atoms with Crippen molar-refractivity contribution in [1.82, 2.24) is 0 Å². The van der Waals surface area contributed by atoms with Crippen molar-refractivity contribution in [1.29, 1.82) is 0 Å². The number of benzene rings is 2. The zero-order valence-electron chi connectivity index (χ0n) is 16.8. The van der Waals surface area contributed by atoms with Crippen molar-refractivity contribution in [2.24, 2.45) is 5.92 Å². The van der Waals surface area contributed by atoms with Gasteiger partial charge in [0.1, 0.15) is 18.1 Å². The van der Waals surface area contributed by atoms with Crippen LogP contribution in [0.3, 0.4) is 0 Å². The van der Waals surface area contributed by atoms with Gasteiger partial charge < -0.3 is 14.8 Å². The zero-order chi connectivity index (χ0) is 18.9. The maximum absolute atomic E-state index is 6.03. The van der Waals surface area contributed by atoms with Gasteiger partial charge in [0, 0.05) is 18.3 Å². The summed E-state index contributed by atoms with van der Waals surface area (Å²) in [6.07, 6.45) is 1.07. The Hall–Kier alpha value is -2.16. The number of hydrogen-bond donors (Lipinski definition) is 1. The van der Waals surface area contributed by atoms with E-state index in [9.17, 15) is 0 Å². The van der Waals surface area contributed by atoms with Crippen molar-refractivity contribution >= 4 is 5.69 Å². The largest absolute Gasteiger partial charge is 0.494 e. The molecule has 2 aromatic rings. The summed E-state index contributed by atoms with van der Waals surface area (Å²) in [5.41, 5.74) is 3.55. The summed E-state index contributed by atoms with van der Waals surface area (Å²) in [5, 5.41) is 3.41. The number of rotatable bonds is 10. The summed E-state index contributed by atoms with van der Waals surface area (Å²) in [4.78, 5) is 0. The van der Waals surface area contributed by atoms with Gasteiger partial charge in [-0.15, -0.1) is 0 Å². The highest BCUT2D eigenvalue weighted by Gasteiger charge is 2.08. The number of nitrogens with one attached hydrogen (secondary N) is 1. The Bertz CT molecular complexity index is 680. The molecule has 0 heterocycles. The minimum atomic E-state index is 0.457. The smallest absolute Gasteiger partial charge is 0.123 e. The topological polar surface area (TPSA) is 30.5 Å². The maximum atomic E-state index is 6.03. The van der Waals surface area contributed by atoms with E-state index in [0.29, 0.717) is 18.4 Å². The molecule has 0 radical (unpaired) electrons. The van der Waals surface area contributed by atoms with E-state index in [1.165, 1.54) is 11.1 Å². The van der Waals surface area contributed by atoms with E-state index < -0.39 is 0 Å². The lowest BCUT2D eigenvalue weighted by molar-refractivity contribution is 0.289. The first-order chi connectivity index (χ1) is 12.5. The second kappa shape index (κ2) is 10.1. The van der Waals surface area contributed by atoms with Gasteiger partial charge in [0.05, 0.1) is 6.61 Å². The van der Waals surface area contributed by atoms with Crippen molar-refractivity contribution in [3.63, 3.8) is 0 Å². The van der Waals surface area contributed by atoms with Gasteiger partial charge in [-0.05, 0) is 54.5 Å². The molecule has 1 N–H and O–H groups in total. The second-order valence-electron chi connectivity index (χ2n) is 7.53. The first-order valence-electron chi connectivity index (χ1n) is 9.65.